The van der Waals surface area contributed by atoms with Crippen molar-refractivity contribution in [3.8, 4) is 0 Å². The number of hydrogen-bond donors (Lipinski definition) is 2. The molecule has 0 radical (unpaired) electrons. The first kappa shape index (κ1) is 16.2. The maximum Gasteiger partial charge on any atom is 0.278 e. The zero-order chi connectivity index (χ0) is 16.7. The topological polar surface area (TPSA) is 96.6 Å². The molecular weight excluding hydrogens is 296 g/mol. The van der Waals surface area contributed by atoms with Crippen molar-refractivity contribution in [1.82, 2.24) is 5.43 Å². The number of para-hydroxylation sites is 1. The number of nitrogens with one attached hydrogen (secondary N) is 2. The summed E-state index contributed by atoms with van der Waals surface area (Å²) in [5.74, 6) is -0.347. The van der Waals surface area contributed by atoms with Gasteiger partial charge in [0, 0.05) is 11.8 Å². The van der Waals surface area contributed by atoms with Gasteiger partial charge in [-0.15, -0.1) is 0 Å². The molecule has 0 aliphatic carbocycles. The molecule has 7 nitrogen and oxygen atoms in total. The molecule has 0 unspecified atom stereocenters. The van der Waals surface area contributed by atoms with Crippen LogP contribution in [-0.4, -0.2) is 23.6 Å². The molecular formula is C16H16N4O3. The average Bonchev–Trinajstić information content (AvgIpc) is 2.54. The van der Waals surface area contributed by atoms with E-state index in [0.29, 0.717) is 5.56 Å². The van der Waals surface area contributed by atoms with E-state index in [4.69, 9.17) is 0 Å². The highest BCUT2D eigenvalue weighted by molar-refractivity contribution is 5.87. The minimum Gasteiger partial charge on any atom is -0.376 e. The normalized spacial score (nSPS) is 10.5. The Morgan fingerprint density at radius 3 is 2.61 bits per heavy atom. The SMILES string of the molecule is Cc1ccc(NCC(=O)N/N=C\c2ccccc2[N+](=O)[O-])cc1. The Hall–Kier alpha value is -3.22. The fourth-order valence-electron chi connectivity index (χ4n) is 1.83. The summed E-state index contributed by atoms with van der Waals surface area (Å²) in [7, 11) is 0. The van der Waals surface area contributed by atoms with Gasteiger partial charge in [0.15, 0.2) is 0 Å². The number of benzene rings is 2. The maximum atomic E-state index is 11.7. The van der Waals surface area contributed by atoms with Gasteiger partial charge in [0.05, 0.1) is 23.2 Å². The lowest BCUT2D eigenvalue weighted by molar-refractivity contribution is -0.385. The Morgan fingerprint density at radius 2 is 1.91 bits per heavy atom. The van der Waals surface area contributed by atoms with Crippen molar-refractivity contribution < 1.29 is 9.72 Å². The van der Waals surface area contributed by atoms with Crippen LogP contribution in [0.25, 0.3) is 0 Å². The molecule has 0 atom stereocenters. The first-order valence-electron chi connectivity index (χ1n) is 6.92. The minimum atomic E-state index is -0.498. The number of amides is 1. The molecule has 7 heteroatoms. The van der Waals surface area contributed by atoms with Crippen molar-refractivity contribution in [3.05, 3.63) is 69.8 Å². The number of hydrazone groups is 1. The fraction of sp³-hybridized carbons (Fsp3) is 0.125. The number of nitrogens with zero attached hydrogens (tertiary/aromatic N) is 2. The van der Waals surface area contributed by atoms with Gasteiger partial charge in [-0.05, 0) is 25.1 Å². The number of carbonyl (C=O) groups is 1. The van der Waals surface area contributed by atoms with Crippen molar-refractivity contribution in [2.45, 2.75) is 6.92 Å². The third-order valence-electron chi connectivity index (χ3n) is 3.03. The zero-order valence-electron chi connectivity index (χ0n) is 12.5. The van der Waals surface area contributed by atoms with E-state index in [1.807, 2.05) is 31.2 Å². The lowest BCUT2D eigenvalue weighted by Gasteiger charge is -2.05. The maximum absolute atomic E-state index is 11.7. The second-order valence-corrected chi connectivity index (χ2v) is 4.83. The molecule has 2 aromatic rings. The van der Waals surface area contributed by atoms with Crippen LogP contribution in [-0.2, 0) is 4.79 Å². The fourth-order valence-corrected chi connectivity index (χ4v) is 1.83. The number of nitro benzene ring substituents is 1. The number of rotatable bonds is 6. The molecule has 118 valence electrons. The molecule has 23 heavy (non-hydrogen) atoms. The smallest absolute Gasteiger partial charge is 0.278 e. The molecule has 0 aliphatic heterocycles. The van der Waals surface area contributed by atoms with Gasteiger partial charge in [0.2, 0.25) is 0 Å². The summed E-state index contributed by atoms with van der Waals surface area (Å²) in [5.41, 5.74) is 4.54. The van der Waals surface area contributed by atoms with Crippen LogP contribution in [0, 0.1) is 17.0 Å². The van der Waals surface area contributed by atoms with Crippen LogP contribution in [0.3, 0.4) is 0 Å². The standard InChI is InChI=1S/C16H16N4O3/c1-12-6-8-14(9-7-12)17-11-16(21)19-18-10-13-4-2-3-5-15(13)20(22)23/h2-10,17H,11H2,1H3,(H,19,21)/b18-10-. The number of carbonyl (C=O) groups excluding carboxylic acids is 1. The van der Waals surface area contributed by atoms with Crippen molar-refractivity contribution in [2.75, 3.05) is 11.9 Å². The molecule has 2 aromatic carbocycles. The van der Waals surface area contributed by atoms with Gasteiger partial charge >= 0.3 is 0 Å². The van der Waals surface area contributed by atoms with E-state index in [-0.39, 0.29) is 18.1 Å². The van der Waals surface area contributed by atoms with Gasteiger partial charge in [0.1, 0.15) is 0 Å². The number of hydrogen-bond acceptors (Lipinski definition) is 5. The Kier molecular flexibility index (Phi) is 5.40. The monoisotopic (exact) mass is 312 g/mol. The van der Waals surface area contributed by atoms with E-state index >= 15 is 0 Å². The third kappa shape index (κ3) is 4.92. The molecule has 0 aromatic heterocycles. The molecule has 2 rings (SSSR count). The van der Waals surface area contributed by atoms with Gasteiger partial charge in [-0.1, -0.05) is 29.8 Å². The molecule has 0 spiro atoms. The van der Waals surface area contributed by atoms with E-state index < -0.39 is 4.92 Å². The molecule has 2 N–H and O–H groups in total. The first-order valence-corrected chi connectivity index (χ1v) is 6.92. The van der Waals surface area contributed by atoms with Gasteiger partial charge in [-0.2, -0.15) is 5.10 Å². The van der Waals surface area contributed by atoms with Crippen LogP contribution in [0.4, 0.5) is 11.4 Å². The summed E-state index contributed by atoms with van der Waals surface area (Å²) in [6.45, 7) is 2.03. The highest BCUT2D eigenvalue weighted by Crippen LogP contribution is 2.15. The van der Waals surface area contributed by atoms with Crippen LogP contribution in [0.5, 0.6) is 0 Å². The van der Waals surface area contributed by atoms with E-state index in [2.05, 4.69) is 15.8 Å². The summed E-state index contributed by atoms with van der Waals surface area (Å²) < 4.78 is 0. The number of aryl methyl sites for hydroxylation is 1. The molecule has 0 saturated heterocycles. The van der Waals surface area contributed by atoms with Crippen molar-refractivity contribution in [2.24, 2.45) is 5.10 Å². The second kappa shape index (κ2) is 7.69. The van der Waals surface area contributed by atoms with Crippen molar-refractivity contribution in [3.63, 3.8) is 0 Å². The van der Waals surface area contributed by atoms with E-state index in [1.165, 1.54) is 12.3 Å². The summed E-state index contributed by atoms with van der Waals surface area (Å²) in [6, 6.07) is 13.8. The Balaban J connectivity index is 1.87. The third-order valence-corrected chi connectivity index (χ3v) is 3.03. The molecule has 0 heterocycles. The second-order valence-electron chi connectivity index (χ2n) is 4.83. The predicted molar refractivity (Wildman–Crippen MR) is 88.5 cm³/mol. The highest BCUT2D eigenvalue weighted by atomic mass is 16.6. The average molecular weight is 312 g/mol. The minimum absolute atomic E-state index is 0.0529. The van der Waals surface area contributed by atoms with Crippen LogP contribution in [0.15, 0.2) is 53.6 Å². The van der Waals surface area contributed by atoms with Gasteiger partial charge in [-0.3, -0.25) is 14.9 Å². The molecule has 0 aliphatic rings. The quantitative estimate of drug-likeness (QED) is 0.486. The molecule has 1 amide bonds. The largest absolute Gasteiger partial charge is 0.376 e. The molecule has 0 bridgehead atoms. The van der Waals surface area contributed by atoms with Gasteiger partial charge < -0.3 is 5.32 Å². The highest BCUT2D eigenvalue weighted by Gasteiger charge is 2.09. The van der Waals surface area contributed by atoms with Gasteiger partial charge in [-0.25, -0.2) is 5.43 Å². The summed E-state index contributed by atoms with van der Waals surface area (Å²) in [6.07, 6.45) is 1.25. The van der Waals surface area contributed by atoms with Crippen LogP contribution >= 0.6 is 0 Å². The Morgan fingerprint density at radius 1 is 1.22 bits per heavy atom. The number of nitro groups is 1. The summed E-state index contributed by atoms with van der Waals surface area (Å²) in [4.78, 5) is 22.0. The Bertz CT molecular complexity index is 726. The van der Waals surface area contributed by atoms with Crippen LogP contribution in [0.2, 0.25) is 0 Å². The lowest BCUT2D eigenvalue weighted by atomic mass is 10.2. The summed E-state index contributed by atoms with van der Waals surface area (Å²) >= 11 is 0. The summed E-state index contributed by atoms with van der Waals surface area (Å²) in [5, 5.41) is 17.5. The number of anilines is 1. The Labute approximate surface area is 133 Å². The van der Waals surface area contributed by atoms with Crippen molar-refractivity contribution in [1.29, 1.82) is 0 Å². The lowest BCUT2D eigenvalue weighted by Crippen LogP contribution is -2.25. The van der Waals surface area contributed by atoms with Crippen molar-refractivity contribution >= 4 is 23.5 Å². The molecule has 0 fully saturated rings. The van der Waals surface area contributed by atoms with Gasteiger partial charge in [0.25, 0.3) is 11.6 Å². The van der Waals surface area contributed by atoms with Crippen LogP contribution in [0.1, 0.15) is 11.1 Å². The van der Waals surface area contributed by atoms with E-state index in [1.54, 1.807) is 18.2 Å². The van der Waals surface area contributed by atoms with E-state index in [9.17, 15) is 14.9 Å². The van der Waals surface area contributed by atoms with E-state index in [0.717, 1.165) is 11.3 Å². The first-order chi connectivity index (χ1) is 11.1. The van der Waals surface area contributed by atoms with Crippen LogP contribution < -0.4 is 10.7 Å². The predicted octanol–water partition coefficient (Wildman–Crippen LogP) is 2.47. The molecule has 0 saturated carbocycles. The zero-order valence-corrected chi connectivity index (χ0v) is 12.5.